The average molecular weight is 534 g/mol. The number of hydrogen-bond acceptors (Lipinski definition) is 6. The molecule has 148 valence electrons. The van der Waals surface area contributed by atoms with Crippen LogP contribution in [0.5, 0.6) is 0 Å². The summed E-state index contributed by atoms with van der Waals surface area (Å²) in [5.74, 6) is -0.229. The highest BCUT2D eigenvalue weighted by Gasteiger charge is 2.24. The quantitative estimate of drug-likeness (QED) is 0.256. The van der Waals surface area contributed by atoms with E-state index in [1.165, 1.54) is 15.9 Å². The minimum absolute atomic E-state index is 0.0458. The number of nitrogens with zero attached hydrogens (tertiary/aromatic N) is 1. The molecule has 0 saturated carbocycles. The van der Waals surface area contributed by atoms with Gasteiger partial charge in [0.25, 0.3) is 11.5 Å². The molecule has 2 heterocycles. The molecular weight excluding hydrogens is 517 g/mol. The number of carbonyl (C=O) groups is 1. The molecule has 0 unspecified atom stereocenters. The standard InChI is InChI=1S/C18H17ClIN3O4S/c1-9-8-28-15-13(9)18(26)23(2)16(14(15)17(25)22-27-6-5-24)21-12-4-3-10(20)7-11(12)19/h3-4,7-8,21,24H,5-6H2,1-2H3,(H,22,25). The minimum atomic E-state index is -0.528. The van der Waals surface area contributed by atoms with Crippen LogP contribution in [-0.4, -0.2) is 28.8 Å². The van der Waals surface area contributed by atoms with Gasteiger partial charge in [-0.2, -0.15) is 0 Å². The molecule has 2 aromatic heterocycles. The first-order valence-electron chi connectivity index (χ1n) is 8.21. The van der Waals surface area contributed by atoms with Crippen molar-refractivity contribution < 1.29 is 14.7 Å². The Balaban J connectivity index is 2.19. The Morgan fingerprint density at radius 1 is 1.43 bits per heavy atom. The van der Waals surface area contributed by atoms with Crippen LogP contribution in [0.4, 0.5) is 11.5 Å². The lowest BCUT2D eigenvalue weighted by atomic mass is 10.1. The molecule has 0 atom stereocenters. The van der Waals surface area contributed by atoms with Crippen molar-refractivity contribution in [3.8, 4) is 0 Å². The number of aliphatic hydroxyl groups excluding tert-OH is 1. The van der Waals surface area contributed by atoms with Gasteiger partial charge in [-0.05, 0) is 58.7 Å². The van der Waals surface area contributed by atoms with Crippen molar-refractivity contribution in [2.45, 2.75) is 6.92 Å². The van der Waals surface area contributed by atoms with Gasteiger partial charge in [0.1, 0.15) is 11.4 Å². The number of nitrogens with one attached hydrogen (secondary N) is 2. The van der Waals surface area contributed by atoms with Crippen molar-refractivity contribution in [3.63, 3.8) is 0 Å². The number of anilines is 2. The Morgan fingerprint density at radius 2 is 2.18 bits per heavy atom. The van der Waals surface area contributed by atoms with Gasteiger partial charge in [0.2, 0.25) is 0 Å². The zero-order valence-corrected chi connectivity index (χ0v) is 18.7. The Bertz CT molecular complexity index is 1110. The first-order valence-corrected chi connectivity index (χ1v) is 10.5. The molecule has 0 bridgehead atoms. The van der Waals surface area contributed by atoms with Gasteiger partial charge in [-0.1, -0.05) is 11.6 Å². The minimum Gasteiger partial charge on any atom is -0.394 e. The predicted molar refractivity (Wildman–Crippen MR) is 120 cm³/mol. The largest absolute Gasteiger partial charge is 0.394 e. The molecule has 1 aromatic carbocycles. The molecule has 0 aliphatic heterocycles. The van der Waals surface area contributed by atoms with Crippen LogP contribution >= 0.6 is 45.5 Å². The molecule has 3 N–H and O–H groups in total. The number of aliphatic hydroxyl groups is 1. The van der Waals surface area contributed by atoms with Gasteiger partial charge in [0, 0.05) is 10.6 Å². The Morgan fingerprint density at radius 3 is 2.86 bits per heavy atom. The van der Waals surface area contributed by atoms with E-state index < -0.39 is 5.91 Å². The number of amides is 1. The molecule has 3 aromatic rings. The van der Waals surface area contributed by atoms with Gasteiger partial charge in [-0.3, -0.25) is 19.0 Å². The molecule has 10 heteroatoms. The molecular formula is C18H17ClIN3O4S. The molecule has 28 heavy (non-hydrogen) atoms. The summed E-state index contributed by atoms with van der Waals surface area (Å²) in [6, 6.07) is 5.42. The van der Waals surface area contributed by atoms with Crippen LogP contribution in [0.3, 0.4) is 0 Å². The molecule has 0 aliphatic carbocycles. The highest BCUT2D eigenvalue weighted by Crippen LogP contribution is 2.34. The number of fused-ring (bicyclic) bond motifs is 1. The third kappa shape index (κ3) is 4.03. The SMILES string of the molecule is Cc1csc2c(C(=O)NOCCO)c(Nc3ccc(I)cc3Cl)n(C)c(=O)c12. The smallest absolute Gasteiger partial charge is 0.280 e. The number of thiophene rings is 1. The number of benzene rings is 1. The number of hydrogen-bond donors (Lipinski definition) is 3. The highest BCUT2D eigenvalue weighted by molar-refractivity contribution is 14.1. The maximum Gasteiger partial charge on any atom is 0.280 e. The molecule has 0 aliphatic rings. The van der Waals surface area contributed by atoms with Crippen LogP contribution in [0.1, 0.15) is 15.9 Å². The van der Waals surface area contributed by atoms with Gasteiger partial charge < -0.3 is 10.4 Å². The van der Waals surface area contributed by atoms with Crippen LogP contribution in [0.15, 0.2) is 28.4 Å². The fraction of sp³-hybridized carbons (Fsp3) is 0.222. The van der Waals surface area contributed by atoms with Crippen LogP contribution in [0.25, 0.3) is 10.1 Å². The summed E-state index contributed by atoms with van der Waals surface area (Å²) < 4.78 is 2.90. The summed E-state index contributed by atoms with van der Waals surface area (Å²) in [4.78, 5) is 30.7. The maximum absolute atomic E-state index is 12.9. The second kappa shape index (κ2) is 8.78. The summed E-state index contributed by atoms with van der Waals surface area (Å²) in [5, 5.41) is 14.8. The van der Waals surface area contributed by atoms with E-state index in [4.69, 9.17) is 21.5 Å². The lowest BCUT2D eigenvalue weighted by Crippen LogP contribution is -2.29. The molecule has 1 amide bonds. The molecule has 0 spiro atoms. The average Bonchev–Trinajstić information content (AvgIpc) is 3.03. The lowest BCUT2D eigenvalue weighted by Gasteiger charge is -2.18. The molecule has 7 nitrogen and oxygen atoms in total. The Labute approximate surface area is 183 Å². The third-order valence-electron chi connectivity index (χ3n) is 4.06. The van der Waals surface area contributed by atoms with E-state index in [1.807, 2.05) is 18.4 Å². The Kier molecular flexibility index (Phi) is 6.61. The van der Waals surface area contributed by atoms with Gasteiger partial charge in [-0.15, -0.1) is 11.3 Å². The number of halogens is 2. The zero-order valence-electron chi connectivity index (χ0n) is 15.0. The van der Waals surface area contributed by atoms with E-state index in [0.717, 1.165) is 9.13 Å². The van der Waals surface area contributed by atoms with Crippen molar-refractivity contribution in [2.75, 3.05) is 18.5 Å². The maximum atomic E-state index is 12.9. The van der Waals surface area contributed by atoms with Gasteiger partial charge in [0.05, 0.1) is 34.0 Å². The monoisotopic (exact) mass is 533 g/mol. The first kappa shape index (κ1) is 21.1. The number of carbonyl (C=O) groups excluding carboxylic acids is 1. The first-order chi connectivity index (χ1) is 13.3. The van der Waals surface area contributed by atoms with E-state index in [-0.39, 0.29) is 24.3 Å². The molecule has 3 rings (SSSR count). The van der Waals surface area contributed by atoms with Gasteiger partial charge >= 0.3 is 0 Å². The Hall–Kier alpha value is -1.66. The van der Waals surface area contributed by atoms with E-state index in [0.29, 0.717) is 26.6 Å². The number of rotatable bonds is 6. The van der Waals surface area contributed by atoms with Crippen LogP contribution in [0.2, 0.25) is 5.02 Å². The second-order valence-electron chi connectivity index (χ2n) is 5.96. The number of hydroxylamine groups is 1. The molecule has 0 radical (unpaired) electrons. The summed E-state index contributed by atoms with van der Waals surface area (Å²) in [5.41, 5.74) is 3.73. The van der Waals surface area contributed by atoms with Crippen molar-refractivity contribution in [1.29, 1.82) is 0 Å². The van der Waals surface area contributed by atoms with Crippen LogP contribution in [0, 0.1) is 10.5 Å². The number of aromatic nitrogens is 1. The summed E-state index contributed by atoms with van der Waals surface area (Å²) in [6.07, 6.45) is 0. The molecule has 0 fully saturated rings. The molecule has 0 saturated heterocycles. The topological polar surface area (TPSA) is 92.6 Å². The van der Waals surface area contributed by atoms with Crippen LogP contribution in [-0.2, 0) is 11.9 Å². The zero-order chi connectivity index (χ0) is 20.4. The summed E-state index contributed by atoms with van der Waals surface area (Å²) >= 11 is 9.78. The fourth-order valence-electron chi connectivity index (χ4n) is 2.73. The highest BCUT2D eigenvalue weighted by atomic mass is 127. The van der Waals surface area contributed by atoms with E-state index in [2.05, 4.69) is 33.4 Å². The second-order valence-corrected chi connectivity index (χ2v) is 8.50. The number of pyridine rings is 1. The van der Waals surface area contributed by atoms with Crippen molar-refractivity contribution in [2.24, 2.45) is 7.05 Å². The van der Waals surface area contributed by atoms with Gasteiger partial charge in [-0.25, -0.2) is 5.48 Å². The third-order valence-corrected chi connectivity index (χ3v) is 6.16. The van der Waals surface area contributed by atoms with Crippen molar-refractivity contribution >= 4 is 73.0 Å². The van der Waals surface area contributed by atoms with Crippen molar-refractivity contribution in [3.05, 3.63) is 53.7 Å². The van der Waals surface area contributed by atoms with E-state index >= 15 is 0 Å². The summed E-state index contributed by atoms with van der Waals surface area (Å²) in [6.45, 7) is 1.55. The predicted octanol–water partition coefficient (Wildman–Crippen LogP) is 3.56. The van der Waals surface area contributed by atoms with Gasteiger partial charge in [0.15, 0.2) is 0 Å². The number of aryl methyl sites for hydroxylation is 1. The van der Waals surface area contributed by atoms with Crippen LogP contribution < -0.4 is 16.4 Å². The lowest BCUT2D eigenvalue weighted by molar-refractivity contribution is 0.0170. The van der Waals surface area contributed by atoms with Crippen molar-refractivity contribution in [1.82, 2.24) is 10.0 Å². The van der Waals surface area contributed by atoms with E-state index in [9.17, 15) is 9.59 Å². The normalized spacial score (nSPS) is 11.0. The van der Waals surface area contributed by atoms with E-state index in [1.54, 1.807) is 19.2 Å². The summed E-state index contributed by atoms with van der Waals surface area (Å²) in [7, 11) is 1.59. The fourth-order valence-corrected chi connectivity index (χ4v) is 4.72.